The molecule has 0 spiro atoms. The van der Waals surface area contributed by atoms with Crippen molar-refractivity contribution in [3.63, 3.8) is 0 Å². The summed E-state index contributed by atoms with van der Waals surface area (Å²) in [4.78, 5) is 67.0. The SMILES string of the molecule is Cc1c[nH]c(/C=C2\C(=O)Nc3ccccc32)c1CCC(=O)NCCCCc1cccc2c1CN(C1CCC(=O)NC1=O)C2=O. The lowest BCUT2D eigenvalue weighted by Crippen LogP contribution is -2.52. The van der Waals surface area contributed by atoms with Gasteiger partial charge in [0.2, 0.25) is 17.7 Å². The number of fused-ring (bicyclic) bond motifs is 2. The number of rotatable bonds is 10. The molecule has 4 heterocycles. The van der Waals surface area contributed by atoms with Gasteiger partial charge in [0, 0.05) is 54.6 Å². The lowest BCUT2D eigenvalue weighted by Gasteiger charge is -2.29. The number of aromatic nitrogens is 1. The summed E-state index contributed by atoms with van der Waals surface area (Å²) in [7, 11) is 0. The number of imide groups is 1. The highest BCUT2D eigenvalue weighted by Gasteiger charge is 2.39. The van der Waals surface area contributed by atoms with Crippen molar-refractivity contribution >= 4 is 46.9 Å². The Morgan fingerprint density at radius 3 is 2.66 bits per heavy atom. The number of anilines is 1. The molecule has 1 atom stereocenters. The molecule has 0 aliphatic carbocycles. The summed E-state index contributed by atoms with van der Waals surface area (Å²) < 4.78 is 0. The third-order valence-electron chi connectivity index (χ3n) is 8.72. The molecule has 1 aromatic heterocycles. The molecule has 6 rings (SSSR count). The first kappa shape index (κ1) is 29.1. The van der Waals surface area contributed by atoms with Gasteiger partial charge in [-0.15, -0.1) is 0 Å². The number of nitrogens with one attached hydrogen (secondary N) is 4. The van der Waals surface area contributed by atoms with E-state index in [0.717, 1.165) is 58.5 Å². The minimum absolute atomic E-state index is 0.0285. The molecule has 1 saturated heterocycles. The normalized spacial score (nSPS) is 18.3. The number of benzene rings is 2. The Balaban J connectivity index is 0.982. The van der Waals surface area contributed by atoms with Gasteiger partial charge in [0.1, 0.15) is 6.04 Å². The standard InChI is InChI=1S/C34H35N5O5/c1-20-18-36-28(17-25-23-9-2-3-11-27(23)37-32(25)42)22(20)12-14-30(40)35-16-5-4-7-21-8-6-10-24-26(21)19-39(34(24)44)29-13-15-31(41)38-33(29)43/h2-3,6,8-11,17-18,29,36H,4-5,7,12-16,19H2,1H3,(H,35,40)(H,37,42)(H,38,41,43)/b25-17-. The smallest absolute Gasteiger partial charge is 0.256 e. The number of aromatic amines is 1. The van der Waals surface area contributed by atoms with Crippen molar-refractivity contribution in [3.05, 3.63) is 87.7 Å². The van der Waals surface area contributed by atoms with Crippen LogP contribution in [0.3, 0.4) is 0 Å². The van der Waals surface area contributed by atoms with Crippen LogP contribution in [0.15, 0.2) is 48.7 Å². The molecule has 5 amide bonds. The summed E-state index contributed by atoms with van der Waals surface area (Å²) in [6, 6.07) is 12.6. The van der Waals surface area contributed by atoms with Crippen LogP contribution >= 0.6 is 0 Å². The van der Waals surface area contributed by atoms with Crippen LogP contribution < -0.4 is 16.0 Å². The van der Waals surface area contributed by atoms with E-state index in [9.17, 15) is 24.0 Å². The third kappa shape index (κ3) is 5.79. The number of para-hydroxylation sites is 1. The second kappa shape index (κ2) is 12.3. The number of unbranched alkanes of at least 4 members (excludes halogenated alkanes) is 1. The minimum atomic E-state index is -0.627. The number of aryl methyl sites for hydroxylation is 2. The van der Waals surface area contributed by atoms with E-state index in [-0.39, 0.29) is 30.0 Å². The molecule has 1 unspecified atom stereocenters. The number of H-pyrrole nitrogens is 1. The first-order chi connectivity index (χ1) is 21.3. The van der Waals surface area contributed by atoms with Gasteiger partial charge in [-0.25, -0.2) is 0 Å². The average Bonchev–Trinajstić information content (AvgIpc) is 3.64. The fraction of sp³-hybridized carbons (Fsp3) is 0.324. The molecule has 0 bridgehead atoms. The van der Waals surface area contributed by atoms with Gasteiger partial charge in [-0.05, 0) is 79.5 Å². The lowest BCUT2D eigenvalue weighted by atomic mass is 9.99. The highest BCUT2D eigenvalue weighted by Crippen LogP contribution is 2.34. The topological polar surface area (TPSA) is 140 Å². The Morgan fingerprint density at radius 2 is 1.82 bits per heavy atom. The van der Waals surface area contributed by atoms with Crippen molar-refractivity contribution in [2.75, 3.05) is 11.9 Å². The summed E-state index contributed by atoms with van der Waals surface area (Å²) in [6.45, 7) is 2.91. The van der Waals surface area contributed by atoms with Crippen molar-refractivity contribution in [2.24, 2.45) is 0 Å². The van der Waals surface area contributed by atoms with E-state index in [4.69, 9.17) is 0 Å². The maximum atomic E-state index is 13.1. The van der Waals surface area contributed by atoms with Crippen molar-refractivity contribution < 1.29 is 24.0 Å². The van der Waals surface area contributed by atoms with Crippen molar-refractivity contribution in [3.8, 4) is 0 Å². The van der Waals surface area contributed by atoms with Crippen molar-refractivity contribution in [1.82, 2.24) is 20.5 Å². The van der Waals surface area contributed by atoms with Crippen LogP contribution in [-0.2, 0) is 38.6 Å². The van der Waals surface area contributed by atoms with Gasteiger partial charge in [0.25, 0.3) is 11.8 Å². The van der Waals surface area contributed by atoms with Gasteiger partial charge >= 0.3 is 0 Å². The molecule has 4 N–H and O–H groups in total. The summed E-state index contributed by atoms with van der Waals surface area (Å²) >= 11 is 0. The molecule has 2 aromatic carbocycles. The van der Waals surface area contributed by atoms with E-state index in [0.29, 0.717) is 43.5 Å². The minimum Gasteiger partial charge on any atom is -0.361 e. The summed E-state index contributed by atoms with van der Waals surface area (Å²) in [5.41, 5.74) is 7.79. The van der Waals surface area contributed by atoms with E-state index < -0.39 is 11.9 Å². The van der Waals surface area contributed by atoms with E-state index in [1.54, 1.807) is 11.0 Å². The number of carbonyl (C=O) groups is 5. The Bertz CT molecular complexity index is 1700. The molecule has 1 fully saturated rings. The van der Waals surface area contributed by atoms with Gasteiger partial charge in [0.15, 0.2) is 0 Å². The zero-order valence-corrected chi connectivity index (χ0v) is 24.6. The largest absolute Gasteiger partial charge is 0.361 e. The van der Waals surface area contributed by atoms with Crippen LogP contribution in [0.25, 0.3) is 11.6 Å². The summed E-state index contributed by atoms with van der Waals surface area (Å²) in [6.07, 6.45) is 7.60. The summed E-state index contributed by atoms with van der Waals surface area (Å²) in [5, 5.41) is 8.25. The maximum Gasteiger partial charge on any atom is 0.256 e. The quantitative estimate of drug-likeness (QED) is 0.161. The Morgan fingerprint density at radius 1 is 1.00 bits per heavy atom. The van der Waals surface area contributed by atoms with E-state index in [1.165, 1.54) is 0 Å². The molecule has 10 heteroatoms. The molecular weight excluding hydrogens is 558 g/mol. The molecule has 3 aliphatic heterocycles. The molecule has 3 aliphatic rings. The van der Waals surface area contributed by atoms with E-state index >= 15 is 0 Å². The van der Waals surface area contributed by atoms with Crippen molar-refractivity contribution in [1.29, 1.82) is 0 Å². The Kier molecular flexibility index (Phi) is 8.15. The molecule has 226 valence electrons. The number of carbonyl (C=O) groups excluding carboxylic acids is 5. The average molecular weight is 594 g/mol. The molecule has 44 heavy (non-hydrogen) atoms. The summed E-state index contributed by atoms with van der Waals surface area (Å²) in [5.74, 6) is -1.05. The molecule has 0 radical (unpaired) electrons. The highest BCUT2D eigenvalue weighted by atomic mass is 16.2. The zero-order valence-electron chi connectivity index (χ0n) is 24.6. The predicted molar refractivity (Wildman–Crippen MR) is 165 cm³/mol. The predicted octanol–water partition coefficient (Wildman–Crippen LogP) is 3.65. The Labute approximate surface area is 255 Å². The second-order valence-electron chi connectivity index (χ2n) is 11.6. The first-order valence-electron chi connectivity index (χ1n) is 15.1. The van der Waals surface area contributed by atoms with Crippen molar-refractivity contribution in [2.45, 2.75) is 64.5 Å². The van der Waals surface area contributed by atoms with Crippen LogP contribution in [0.4, 0.5) is 5.69 Å². The molecule has 10 nitrogen and oxygen atoms in total. The number of piperidine rings is 1. The van der Waals surface area contributed by atoms with Gasteiger partial charge < -0.3 is 20.5 Å². The second-order valence-corrected chi connectivity index (χ2v) is 11.6. The van der Waals surface area contributed by atoms with Gasteiger partial charge in [0.05, 0.1) is 5.57 Å². The molecular formula is C34H35N5O5. The van der Waals surface area contributed by atoms with E-state index in [1.807, 2.05) is 55.6 Å². The van der Waals surface area contributed by atoms with Crippen LogP contribution in [-0.4, -0.2) is 52.0 Å². The van der Waals surface area contributed by atoms with Crippen LogP contribution in [0.2, 0.25) is 0 Å². The lowest BCUT2D eigenvalue weighted by molar-refractivity contribution is -0.137. The van der Waals surface area contributed by atoms with Gasteiger partial charge in [-0.3, -0.25) is 29.3 Å². The van der Waals surface area contributed by atoms with E-state index in [2.05, 4.69) is 20.9 Å². The monoisotopic (exact) mass is 593 g/mol. The van der Waals surface area contributed by atoms with Crippen LogP contribution in [0.5, 0.6) is 0 Å². The fourth-order valence-electron chi connectivity index (χ4n) is 6.34. The van der Waals surface area contributed by atoms with Crippen LogP contribution in [0, 0.1) is 6.92 Å². The highest BCUT2D eigenvalue weighted by molar-refractivity contribution is 6.34. The van der Waals surface area contributed by atoms with Crippen LogP contribution in [0.1, 0.15) is 76.0 Å². The number of hydrogen-bond acceptors (Lipinski definition) is 5. The fourth-order valence-corrected chi connectivity index (χ4v) is 6.34. The third-order valence-corrected chi connectivity index (χ3v) is 8.72. The van der Waals surface area contributed by atoms with Gasteiger partial charge in [-0.2, -0.15) is 0 Å². The first-order valence-corrected chi connectivity index (χ1v) is 15.1. The number of nitrogens with zero attached hydrogens (tertiary/aromatic N) is 1. The number of amides is 5. The zero-order chi connectivity index (χ0) is 30.8. The number of hydrogen-bond donors (Lipinski definition) is 4. The maximum absolute atomic E-state index is 13.1. The Hall–Kier alpha value is -4.99. The molecule has 3 aromatic rings. The molecule has 0 saturated carbocycles. The van der Waals surface area contributed by atoms with Gasteiger partial charge in [-0.1, -0.05) is 30.3 Å².